The molecule has 3 aliphatic carbocycles. The lowest BCUT2D eigenvalue weighted by atomic mass is 9.49. The maximum Gasteiger partial charge on any atom is 0.409 e. The molecule has 1 amide bonds. The number of nitrogens with one attached hydrogen (secondary N) is 1. The third-order valence-corrected chi connectivity index (χ3v) is 8.47. The molecule has 4 rings (SSSR count). The molecule has 0 spiro atoms. The van der Waals surface area contributed by atoms with Gasteiger partial charge in [0.2, 0.25) is 5.91 Å². The predicted octanol–water partition coefficient (Wildman–Crippen LogP) is 3.00. The Balaban J connectivity index is 1.67. The van der Waals surface area contributed by atoms with E-state index < -0.39 is 16.2 Å². The third kappa shape index (κ3) is 3.38. The van der Waals surface area contributed by atoms with Gasteiger partial charge in [-0.1, -0.05) is 19.1 Å². The zero-order chi connectivity index (χ0) is 21.0. The molecule has 2 N–H and O–H groups in total. The Morgan fingerprint density at radius 2 is 2.10 bits per heavy atom. The zero-order valence-electron chi connectivity index (χ0n) is 17.0. The van der Waals surface area contributed by atoms with Crippen molar-refractivity contribution in [2.24, 2.45) is 17.3 Å². The summed E-state index contributed by atoms with van der Waals surface area (Å²) >= 11 is 0. The first-order valence-corrected chi connectivity index (χ1v) is 11.7. The maximum atomic E-state index is 11.9. The molecule has 2 unspecified atom stereocenters. The lowest BCUT2D eigenvalue weighted by molar-refractivity contribution is -0.117. The number of hydrogen-bond acceptors (Lipinski definition) is 5. The van der Waals surface area contributed by atoms with Crippen molar-refractivity contribution < 1.29 is 22.5 Å². The van der Waals surface area contributed by atoms with Gasteiger partial charge in [-0.2, -0.15) is 8.42 Å². The van der Waals surface area contributed by atoms with Gasteiger partial charge in [0, 0.05) is 12.3 Å². The summed E-state index contributed by atoms with van der Waals surface area (Å²) in [5.41, 5.74) is 2.29. The molecule has 158 valence electrons. The van der Waals surface area contributed by atoms with E-state index in [9.17, 15) is 18.3 Å². The van der Waals surface area contributed by atoms with E-state index in [1.165, 1.54) is 5.56 Å². The fourth-order valence-corrected chi connectivity index (χ4v) is 7.15. The molecule has 2 fully saturated rings. The van der Waals surface area contributed by atoms with Crippen molar-refractivity contribution in [2.45, 2.75) is 63.9 Å². The number of benzene rings is 1. The SMILES string of the molecule is C=C[C@]12CC[C@]3(C)C[C@H](O)CC3C1CCc1cc(OS(=O)(=O)NC(C)=O)ccc12. The molecule has 29 heavy (non-hydrogen) atoms. The summed E-state index contributed by atoms with van der Waals surface area (Å²) in [5, 5.41) is 10.3. The highest BCUT2D eigenvalue weighted by atomic mass is 32.2. The molecule has 5 atom stereocenters. The molecule has 6 nitrogen and oxygen atoms in total. The molecule has 0 radical (unpaired) electrons. The fraction of sp³-hybridized carbons (Fsp3) is 0.591. The summed E-state index contributed by atoms with van der Waals surface area (Å²) in [6, 6.07) is 5.38. The van der Waals surface area contributed by atoms with Crippen molar-refractivity contribution in [2.75, 3.05) is 0 Å². The fourth-order valence-electron chi connectivity index (χ4n) is 6.40. The van der Waals surface area contributed by atoms with Crippen molar-refractivity contribution in [3.8, 4) is 5.75 Å². The summed E-state index contributed by atoms with van der Waals surface area (Å²) in [6.45, 7) is 7.63. The molecule has 1 aromatic carbocycles. The average molecular weight is 420 g/mol. The van der Waals surface area contributed by atoms with Crippen LogP contribution in [0.3, 0.4) is 0 Å². The van der Waals surface area contributed by atoms with E-state index in [2.05, 4.69) is 19.6 Å². The predicted molar refractivity (Wildman–Crippen MR) is 110 cm³/mol. The molecule has 0 aliphatic heterocycles. The van der Waals surface area contributed by atoms with Crippen molar-refractivity contribution in [1.82, 2.24) is 4.72 Å². The van der Waals surface area contributed by atoms with E-state index in [1.807, 2.05) is 10.8 Å². The Hall–Kier alpha value is -1.86. The maximum absolute atomic E-state index is 11.9. The van der Waals surface area contributed by atoms with Crippen LogP contribution in [0.15, 0.2) is 30.9 Å². The van der Waals surface area contributed by atoms with E-state index in [0.717, 1.165) is 51.0 Å². The molecule has 1 aromatic rings. The summed E-state index contributed by atoms with van der Waals surface area (Å²) in [7, 11) is -4.18. The Kier molecular flexibility index (Phi) is 4.82. The number of carbonyl (C=O) groups is 1. The monoisotopic (exact) mass is 419 g/mol. The van der Waals surface area contributed by atoms with Crippen LogP contribution in [-0.2, 0) is 26.9 Å². The second kappa shape index (κ2) is 6.84. The van der Waals surface area contributed by atoms with Crippen LogP contribution >= 0.6 is 0 Å². The first-order chi connectivity index (χ1) is 13.6. The summed E-state index contributed by atoms with van der Waals surface area (Å²) < 4.78 is 30.7. The van der Waals surface area contributed by atoms with Crippen LogP contribution in [0.25, 0.3) is 0 Å². The summed E-state index contributed by atoms with van der Waals surface area (Å²) in [6.07, 6.45) is 7.42. The minimum Gasteiger partial charge on any atom is -0.393 e. The average Bonchev–Trinajstić information content (AvgIpc) is 2.93. The third-order valence-electron chi connectivity index (χ3n) is 7.52. The highest BCUT2D eigenvalue weighted by Gasteiger charge is 2.57. The number of hydrogen-bond donors (Lipinski definition) is 2. The van der Waals surface area contributed by atoms with Crippen molar-refractivity contribution in [3.63, 3.8) is 0 Å². The van der Waals surface area contributed by atoms with Gasteiger partial charge < -0.3 is 9.29 Å². The van der Waals surface area contributed by atoms with E-state index in [-0.39, 0.29) is 22.7 Å². The van der Waals surface area contributed by atoms with Crippen LogP contribution in [0, 0.1) is 17.3 Å². The van der Waals surface area contributed by atoms with Crippen LogP contribution in [0.5, 0.6) is 5.75 Å². The minimum absolute atomic E-state index is 0.156. The Morgan fingerprint density at radius 3 is 2.79 bits per heavy atom. The molecule has 3 aliphatic rings. The number of allylic oxidation sites excluding steroid dienone is 1. The number of amides is 1. The normalized spacial score (nSPS) is 35.8. The van der Waals surface area contributed by atoms with Crippen molar-refractivity contribution >= 4 is 16.2 Å². The molecule has 7 heteroatoms. The number of carbonyl (C=O) groups excluding carboxylic acids is 1. The molecule has 0 heterocycles. The molecule has 2 saturated carbocycles. The lowest BCUT2D eigenvalue weighted by Gasteiger charge is -2.55. The molecular weight excluding hydrogens is 390 g/mol. The van der Waals surface area contributed by atoms with Crippen LogP contribution in [0.1, 0.15) is 57.1 Å². The van der Waals surface area contributed by atoms with E-state index in [4.69, 9.17) is 4.18 Å². The van der Waals surface area contributed by atoms with E-state index >= 15 is 0 Å². The standard InChI is InChI=1S/C22H29NO5S/c1-4-22-10-9-21(3)13-16(25)12-20(21)19(22)7-5-15-11-17(6-8-18(15)22)28-29(26,27)23-14(2)24/h4,6,8,11,16,19-20,25H,1,5,7,9-10,12-13H2,2-3H3,(H,23,24)/t16-,19?,20?,21-,22-/m1/s1. The molecular formula is C22H29NO5S. The van der Waals surface area contributed by atoms with Gasteiger partial charge in [-0.25, -0.2) is 4.72 Å². The summed E-state index contributed by atoms with van der Waals surface area (Å²) in [4.78, 5) is 11.1. The van der Waals surface area contributed by atoms with Gasteiger partial charge >= 0.3 is 10.3 Å². The topological polar surface area (TPSA) is 92.7 Å². The minimum atomic E-state index is -4.18. The number of aliphatic hydroxyl groups is 1. The van der Waals surface area contributed by atoms with Crippen LogP contribution in [-0.4, -0.2) is 25.5 Å². The largest absolute Gasteiger partial charge is 0.409 e. The van der Waals surface area contributed by atoms with Crippen molar-refractivity contribution in [1.29, 1.82) is 0 Å². The summed E-state index contributed by atoms with van der Waals surface area (Å²) in [5.74, 6) is 0.402. The lowest BCUT2D eigenvalue weighted by Crippen LogP contribution is -2.49. The second-order valence-corrected chi connectivity index (χ2v) is 10.5. The van der Waals surface area contributed by atoms with Gasteiger partial charge in [0.15, 0.2) is 0 Å². The number of aliphatic hydroxyl groups excluding tert-OH is 1. The molecule has 0 aromatic heterocycles. The molecule has 0 bridgehead atoms. The van der Waals surface area contributed by atoms with Gasteiger partial charge in [0.1, 0.15) is 5.75 Å². The first-order valence-electron chi connectivity index (χ1n) is 10.3. The smallest absolute Gasteiger partial charge is 0.393 e. The quantitative estimate of drug-likeness (QED) is 0.732. The van der Waals surface area contributed by atoms with Gasteiger partial charge in [0.25, 0.3) is 0 Å². The van der Waals surface area contributed by atoms with Crippen molar-refractivity contribution in [3.05, 3.63) is 42.0 Å². The zero-order valence-corrected chi connectivity index (χ0v) is 17.8. The second-order valence-electron chi connectivity index (χ2n) is 9.26. The van der Waals surface area contributed by atoms with Crippen LogP contribution in [0.2, 0.25) is 0 Å². The number of fused-ring (bicyclic) bond motifs is 5. The highest BCUT2D eigenvalue weighted by Crippen LogP contribution is 2.63. The number of rotatable bonds is 4. The molecule has 0 saturated heterocycles. The van der Waals surface area contributed by atoms with Gasteiger partial charge in [0.05, 0.1) is 6.10 Å². The highest BCUT2D eigenvalue weighted by molar-refractivity contribution is 7.85. The van der Waals surface area contributed by atoms with Crippen LogP contribution in [0.4, 0.5) is 0 Å². The van der Waals surface area contributed by atoms with Gasteiger partial charge in [-0.05, 0) is 79.0 Å². The van der Waals surface area contributed by atoms with E-state index in [0.29, 0.717) is 11.8 Å². The van der Waals surface area contributed by atoms with Gasteiger partial charge in [-0.15, -0.1) is 6.58 Å². The first kappa shape index (κ1) is 20.4. The van der Waals surface area contributed by atoms with E-state index in [1.54, 1.807) is 12.1 Å². The Morgan fingerprint density at radius 1 is 1.34 bits per heavy atom. The van der Waals surface area contributed by atoms with Gasteiger partial charge in [-0.3, -0.25) is 4.79 Å². The number of aryl methyl sites for hydroxylation is 1. The Labute approximate surface area is 172 Å². The van der Waals surface area contributed by atoms with Crippen LogP contribution < -0.4 is 8.91 Å². The Bertz CT molecular complexity index is 958.